The van der Waals surface area contributed by atoms with Crippen LogP contribution >= 0.6 is 0 Å². The van der Waals surface area contributed by atoms with Crippen LogP contribution in [0.25, 0.3) is 0 Å². The number of aliphatic hydroxyl groups excluding tert-OH is 1. The van der Waals surface area contributed by atoms with Crippen molar-refractivity contribution in [2.75, 3.05) is 26.2 Å². The molecule has 0 aliphatic carbocycles. The van der Waals surface area contributed by atoms with Crippen molar-refractivity contribution in [2.24, 2.45) is 0 Å². The highest BCUT2D eigenvalue weighted by molar-refractivity contribution is 5.75. The second kappa shape index (κ2) is 9.30. The van der Waals surface area contributed by atoms with Crippen molar-refractivity contribution in [2.45, 2.75) is 51.2 Å². The van der Waals surface area contributed by atoms with E-state index in [1.807, 2.05) is 6.92 Å². The maximum absolute atomic E-state index is 11.5. The third-order valence-corrected chi connectivity index (χ3v) is 3.24. The van der Waals surface area contributed by atoms with E-state index in [0.29, 0.717) is 32.1 Å². The predicted molar refractivity (Wildman–Crippen MR) is 70.4 cm³/mol. The molecule has 5 heteroatoms. The van der Waals surface area contributed by atoms with Gasteiger partial charge in [-0.25, -0.2) is 0 Å². The van der Waals surface area contributed by atoms with E-state index in [1.54, 1.807) is 0 Å². The molecule has 1 rings (SSSR count). The van der Waals surface area contributed by atoms with Gasteiger partial charge < -0.3 is 20.5 Å². The molecule has 18 heavy (non-hydrogen) atoms. The fraction of sp³-hybridized carbons (Fsp3) is 0.923. The number of hydrogen-bond donors (Lipinski definition) is 3. The third kappa shape index (κ3) is 6.93. The number of hydrogen-bond acceptors (Lipinski definition) is 4. The largest absolute Gasteiger partial charge is 0.393 e. The maximum Gasteiger partial charge on any atom is 0.222 e. The summed E-state index contributed by atoms with van der Waals surface area (Å²) in [6.45, 7) is 4.98. The normalized spacial score (nSPS) is 18.6. The van der Waals surface area contributed by atoms with Crippen LogP contribution in [0.4, 0.5) is 0 Å². The molecular formula is C13H26N2O3. The van der Waals surface area contributed by atoms with Gasteiger partial charge in [-0.2, -0.15) is 0 Å². The minimum atomic E-state index is -0.309. The molecule has 0 aromatic carbocycles. The van der Waals surface area contributed by atoms with Crippen LogP contribution in [0, 0.1) is 0 Å². The molecule has 0 bridgehead atoms. The van der Waals surface area contributed by atoms with Gasteiger partial charge in [-0.3, -0.25) is 4.79 Å². The van der Waals surface area contributed by atoms with Gasteiger partial charge in [-0.15, -0.1) is 0 Å². The van der Waals surface area contributed by atoms with Crippen LogP contribution in [0.3, 0.4) is 0 Å². The molecule has 1 aliphatic heterocycles. The molecule has 1 amide bonds. The highest BCUT2D eigenvalue weighted by Crippen LogP contribution is 2.07. The zero-order valence-electron chi connectivity index (χ0n) is 11.3. The first-order chi connectivity index (χ1) is 8.72. The zero-order valence-corrected chi connectivity index (χ0v) is 11.3. The molecule has 1 atom stereocenters. The Hall–Kier alpha value is -0.650. The minimum Gasteiger partial charge on any atom is -0.393 e. The van der Waals surface area contributed by atoms with Gasteiger partial charge in [0.2, 0.25) is 5.91 Å². The molecule has 0 aromatic heterocycles. The van der Waals surface area contributed by atoms with E-state index in [4.69, 9.17) is 4.74 Å². The van der Waals surface area contributed by atoms with Crippen LogP contribution in [-0.2, 0) is 9.53 Å². The van der Waals surface area contributed by atoms with Gasteiger partial charge in [0, 0.05) is 13.0 Å². The Bertz CT molecular complexity index is 230. The Morgan fingerprint density at radius 3 is 2.89 bits per heavy atom. The van der Waals surface area contributed by atoms with E-state index in [0.717, 1.165) is 32.4 Å². The average Bonchev–Trinajstić information content (AvgIpc) is 2.39. The summed E-state index contributed by atoms with van der Waals surface area (Å²) in [4.78, 5) is 11.5. The van der Waals surface area contributed by atoms with E-state index in [-0.39, 0.29) is 12.0 Å². The lowest BCUT2D eigenvalue weighted by Crippen LogP contribution is -2.33. The van der Waals surface area contributed by atoms with Crippen LogP contribution in [0.15, 0.2) is 0 Å². The molecule has 0 saturated carbocycles. The molecule has 1 saturated heterocycles. The first kappa shape index (κ1) is 15.4. The van der Waals surface area contributed by atoms with E-state index in [9.17, 15) is 9.90 Å². The Balaban J connectivity index is 1.96. The molecular weight excluding hydrogens is 232 g/mol. The van der Waals surface area contributed by atoms with Crippen LogP contribution in [0.1, 0.15) is 39.0 Å². The lowest BCUT2D eigenvalue weighted by atomic mass is 10.1. The quantitative estimate of drug-likeness (QED) is 0.590. The van der Waals surface area contributed by atoms with Gasteiger partial charge in [0.25, 0.3) is 0 Å². The highest BCUT2D eigenvalue weighted by Gasteiger charge is 2.13. The molecule has 0 aromatic rings. The summed E-state index contributed by atoms with van der Waals surface area (Å²) in [5.41, 5.74) is 0. The lowest BCUT2D eigenvalue weighted by molar-refractivity contribution is -0.122. The summed E-state index contributed by atoms with van der Waals surface area (Å²) in [6.07, 6.45) is 3.82. The van der Waals surface area contributed by atoms with Gasteiger partial charge in [-0.1, -0.05) is 6.92 Å². The van der Waals surface area contributed by atoms with Gasteiger partial charge >= 0.3 is 0 Å². The topological polar surface area (TPSA) is 70.6 Å². The smallest absolute Gasteiger partial charge is 0.222 e. The Morgan fingerprint density at radius 1 is 1.50 bits per heavy atom. The van der Waals surface area contributed by atoms with Gasteiger partial charge in [0.1, 0.15) is 0 Å². The first-order valence-electron chi connectivity index (χ1n) is 6.99. The number of ether oxygens (including phenoxy) is 1. The molecule has 3 N–H and O–H groups in total. The summed E-state index contributed by atoms with van der Waals surface area (Å²) in [7, 11) is 0. The summed E-state index contributed by atoms with van der Waals surface area (Å²) in [6, 6.07) is 0. The van der Waals surface area contributed by atoms with Crippen LogP contribution in [0.5, 0.6) is 0 Å². The number of amides is 1. The van der Waals surface area contributed by atoms with E-state index < -0.39 is 0 Å². The van der Waals surface area contributed by atoms with Crippen molar-refractivity contribution in [3.05, 3.63) is 0 Å². The molecule has 0 radical (unpaired) electrons. The second-order valence-electron chi connectivity index (χ2n) is 4.77. The molecule has 5 nitrogen and oxygen atoms in total. The van der Waals surface area contributed by atoms with Crippen LogP contribution in [0.2, 0.25) is 0 Å². The Labute approximate surface area is 109 Å². The number of nitrogens with one attached hydrogen (secondary N) is 2. The molecule has 0 spiro atoms. The molecule has 1 fully saturated rings. The predicted octanol–water partition coefficient (Wildman–Crippen LogP) is 0.422. The standard InChI is InChI=1S/C13H26N2O3/c1-2-11(16)3-9-15-13(17)6-10-18-12-4-7-14-8-5-12/h11-12,14,16H,2-10H2,1H3,(H,15,17). The van der Waals surface area contributed by atoms with Crippen LogP contribution in [-0.4, -0.2) is 49.5 Å². The van der Waals surface area contributed by atoms with Crippen molar-refractivity contribution >= 4 is 5.91 Å². The maximum atomic E-state index is 11.5. The third-order valence-electron chi connectivity index (χ3n) is 3.24. The zero-order chi connectivity index (χ0) is 13.2. The highest BCUT2D eigenvalue weighted by atomic mass is 16.5. The lowest BCUT2D eigenvalue weighted by Gasteiger charge is -2.22. The Morgan fingerprint density at radius 2 is 2.22 bits per heavy atom. The molecule has 1 heterocycles. The Kier molecular flexibility index (Phi) is 7.96. The first-order valence-corrected chi connectivity index (χ1v) is 6.99. The van der Waals surface area contributed by atoms with Crippen molar-refractivity contribution in [1.82, 2.24) is 10.6 Å². The summed E-state index contributed by atoms with van der Waals surface area (Å²) in [5.74, 6) is 0.00670. The number of carbonyl (C=O) groups is 1. The number of rotatable bonds is 8. The fourth-order valence-corrected chi connectivity index (χ4v) is 1.95. The van der Waals surface area contributed by atoms with E-state index in [1.165, 1.54) is 0 Å². The van der Waals surface area contributed by atoms with Gasteiger partial charge in [0.05, 0.1) is 18.8 Å². The van der Waals surface area contributed by atoms with E-state index >= 15 is 0 Å². The van der Waals surface area contributed by atoms with E-state index in [2.05, 4.69) is 10.6 Å². The molecule has 1 aliphatic rings. The second-order valence-corrected chi connectivity index (χ2v) is 4.77. The van der Waals surface area contributed by atoms with Crippen LogP contribution < -0.4 is 10.6 Å². The van der Waals surface area contributed by atoms with Crippen molar-refractivity contribution < 1.29 is 14.6 Å². The number of aliphatic hydroxyl groups is 1. The summed E-state index contributed by atoms with van der Waals surface area (Å²) in [5, 5.41) is 15.4. The monoisotopic (exact) mass is 258 g/mol. The van der Waals surface area contributed by atoms with Gasteiger partial charge in [-0.05, 0) is 38.8 Å². The minimum absolute atomic E-state index is 0.00670. The van der Waals surface area contributed by atoms with Crippen molar-refractivity contribution in [3.63, 3.8) is 0 Å². The summed E-state index contributed by atoms with van der Waals surface area (Å²) < 4.78 is 5.65. The molecule has 106 valence electrons. The summed E-state index contributed by atoms with van der Waals surface area (Å²) >= 11 is 0. The van der Waals surface area contributed by atoms with Crippen molar-refractivity contribution in [1.29, 1.82) is 0 Å². The average molecular weight is 258 g/mol. The number of piperidine rings is 1. The number of carbonyl (C=O) groups excluding carboxylic acids is 1. The molecule has 1 unspecified atom stereocenters. The van der Waals surface area contributed by atoms with Crippen molar-refractivity contribution in [3.8, 4) is 0 Å². The van der Waals surface area contributed by atoms with Gasteiger partial charge in [0.15, 0.2) is 0 Å². The SMILES string of the molecule is CCC(O)CCNC(=O)CCOC1CCNCC1. The fourth-order valence-electron chi connectivity index (χ4n) is 1.95.